The molecule has 2 amide bonds. The molecular formula is C9H15N3O. The number of nitrogens with zero attached hydrogens (tertiary/aromatic N) is 2. The van der Waals surface area contributed by atoms with E-state index in [0.29, 0.717) is 0 Å². The van der Waals surface area contributed by atoms with Gasteiger partial charge in [0.05, 0.1) is 6.07 Å². The molecule has 72 valence electrons. The number of carbonyl (C=O) groups excluding carboxylic acids is 1. The number of nitriles is 1. The van der Waals surface area contributed by atoms with Crippen molar-refractivity contribution in [2.24, 2.45) is 5.41 Å². The molecule has 0 heterocycles. The zero-order valence-electron chi connectivity index (χ0n) is 8.51. The minimum atomic E-state index is -0.644. The van der Waals surface area contributed by atoms with Crippen LogP contribution in [0.2, 0.25) is 0 Å². The summed E-state index contributed by atoms with van der Waals surface area (Å²) >= 11 is 0. The molecule has 4 heteroatoms. The fourth-order valence-corrected chi connectivity index (χ4v) is 1.35. The molecule has 4 nitrogen and oxygen atoms in total. The van der Waals surface area contributed by atoms with Crippen molar-refractivity contribution in [2.45, 2.75) is 25.8 Å². The molecule has 1 fully saturated rings. The third-order valence-corrected chi connectivity index (χ3v) is 2.65. The zero-order chi connectivity index (χ0) is 10.3. The van der Waals surface area contributed by atoms with Crippen LogP contribution in [0.4, 0.5) is 4.79 Å². The molecule has 1 aliphatic rings. The average molecular weight is 181 g/mol. The molecule has 1 unspecified atom stereocenters. The second kappa shape index (κ2) is 2.63. The Morgan fingerprint density at radius 2 is 2.00 bits per heavy atom. The standard InChI is InChI=1S/C9H15N3O/c1-8(2)5-9(8,6-10)11-7(13)12(3)4/h5H2,1-4H3,(H,11,13). The minimum absolute atomic E-state index is 0.0899. The lowest BCUT2D eigenvalue weighted by atomic mass is 10.1. The van der Waals surface area contributed by atoms with Crippen LogP contribution in [0.25, 0.3) is 0 Å². The first-order valence-electron chi connectivity index (χ1n) is 4.25. The van der Waals surface area contributed by atoms with Gasteiger partial charge in [0, 0.05) is 19.5 Å². The largest absolute Gasteiger partial charge is 0.331 e. The third-order valence-electron chi connectivity index (χ3n) is 2.65. The molecule has 0 aliphatic heterocycles. The maximum atomic E-state index is 11.3. The predicted octanol–water partition coefficient (Wildman–Crippen LogP) is 0.950. The fourth-order valence-electron chi connectivity index (χ4n) is 1.35. The van der Waals surface area contributed by atoms with E-state index in [0.717, 1.165) is 6.42 Å². The zero-order valence-corrected chi connectivity index (χ0v) is 8.51. The number of amides is 2. The van der Waals surface area contributed by atoms with Gasteiger partial charge >= 0.3 is 6.03 Å². The number of nitrogens with one attached hydrogen (secondary N) is 1. The lowest BCUT2D eigenvalue weighted by Gasteiger charge is -2.18. The van der Waals surface area contributed by atoms with Crippen LogP contribution in [0.1, 0.15) is 20.3 Å². The van der Waals surface area contributed by atoms with Crippen LogP contribution >= 0.6 is 0 Å². The molecule has 0 saturated heterocycles. The summed E-state index contributed by atoms with van der Waals surface area (Å²) in [6.45, 7) is 3.96. The number of hydrogen-bond acceptors (Lipinski definition) is 2. The topological polar surface area (TPSA) is 56.1 Å². The molecule has 0 spiro atoms. The van der Waals surface area contributed by atoms with Gasteiger partial charge in [-0.05, 0) is 6.42 Å². The summed E-state index contributed by atoms with van der Waals surface area (Å²) in [6.07, 6.45) is 0.732. The molecule has 0 aromatic rings. The first-order chi connectivity index (χ1) is 5.84. The highest BCUT2D eigenvalue weighted by Gasteiger charge is 2.63. The first-order valence-corrected chi connectivity index (χ1v) is 4.25. The molecule has 0 radical (unpaired) electrons. The number of carbonyl (C=O) groups is 1. The van der Waals surface area contributed by atoms with Gasteiger partial charge in [-0.15, -0.1) is 0 Å². The average Bonchev–Trinajstić information content (AvgIpc) is 2.54. The summed E-state index contributed by atoms with van der Waals surface area (Å²) < 4.78 is 0. The minimum Gasteiger partial charge on any atom is -0.331 e. The van der Waals surface area contributed by atoms with Gasteiger partial charge < -0.3 is 10.2 Å². The van der Waals surface area contributed by atoms with E-state index in [1.165, 1.54) is 4.90 Å². The monoisotopic (exact) mass is 181 g/mol. The Labute approximate surface area is 78.5 Å². The molecule has 0 aromatic heterocycles. The third kappa shape index (κ3) is 1.46. The lowest BCUT2D eigenvalue weighted by molar-refractivity contribution is 0.212. The van der Waals surface area contributed by atoms with E-state index >= 15 is 0 Å². The highest BCUT2D eigenvalue weighted by molar-refractivity contribution is 5.76. The quantitative estimate of drug-likeness (QED) is 0.654. The van der Waals surface area contributed by atoms with Crippen molar-refractivity contribution in [3.8, 4) is 6.07 Å². The molecule has 1 atom stereocenters. The van der Waals surface area contributed by atoms with Crippen molar-refractivity contribution in [3.05, 3.63) is 0 Å². The maximum absolute atomic E-state index is 11.3. The Morgan fingerprint density at radius 1 is 1.54 bits per heavy atom. The number of urea groups is 1. The van der Waals surface area contributed by atoms with Crippen LogP contribution < -0.4 is 5.32 Å². The molecule has 13 heavy (non-hydrogen) atoms. The Hall–Kier alpha value is -1.24. The van der Waals surface area contributed by atoms with Crippen LogP contribution in [0, 0.1) is 16.7 Å². The summed E-state index contributed by atoms with van der Waals surface area (Å²) in [5, 5.41) is 11.7. The SMILES string of the molecule is CN(C)C(=O)NC1(C#N)CC1(C)C. The Bertz CT molecular complexity index is 277. The van der Waals surface area contributed by atoms with Crippen LogP contribution in [0.15, 0.2) is 0 Å². The van der Waals surface area contributed by atoms with E-state index in [4.69, 9.17) is 5.26 Å². The molecule has 1 saturated carbocycles. The van der Waals surface area contributed by atoms with Crippen molar-refractivity contribution in [1.82, 2.24) is 10.2 Å². The van der Waals surface area contributed by atoms with Crippen LogP contribution in [-0.2, 0) is 0 Å². The lowest BCUT2D eigenvalue weighted by Crippen LogP contribution is -2.44. The van der Waals surface area contributed by atoms with E-state index in [-0.39, 0.29) is 11.4 Å². The normalized spacial score (nSPS) is 28.8. The predicted molar refractivity (Wildman–Crippen MR) is 49.0 cm³/mol. The molecule has 0 bridgehead atoms. The van der Waals surface area contributed by atoms with Gasteiger partial charge in [-0.2, -0.15) is 5.26 Å². The van der Waals surface area contributed by atoms with E-state index in [1.807, 2.05) is 13.8 Å². The first kappa shape index (κ1) is 9.85. The van der Waals surface area contributed by atoms with Crippen LogP contribution in [-0.4, -0.2) is 30.6 Å². The maximum Gasteiger partial charge on any atom is 0.318 e. The highest BCUT2D eigenvalue weighted by atomic mass is 16.2. The number of rotatable bonds is 1. The van der Waals surface area contributed by atoms with Gasteiger partial charge in [-0.1, -0.05) is 13.8 Å². The van der Waals surface area contributed by atoms with Gasteiger partial charge in [-0.25, -0.2) is 4.79 Å². The van der Waals surface area contributed by atoms with Crippen molar-refractivity contribution in [1.29, 1.82) is 5.26 Å². The van der Waals surface area contributed by atoms with E-state index in [9.17, 15) is 4.79 Å². The van der Waals surface area contributed by atoms with Gasteiger partial charge in [0.2, 0.25) is 0 Å². The molecule has 0 aromatic carbocycles. The summed E-state index contributed by atoms with van der Waals surface area (Å²) in [5.41, 5.74) is -0.734. The van der Waals surface area contributed by atoms with Crippen LogP contribution in [0.3, 0.4) is 0 Å². The van der Waals surface area contributed by atoms with E-state index in [1.54, 1.807) is 14.1 Å². The van der Waals surface area contributed by atoms with Crippen molar-refractivity contribution in [3.63, 3.8) is 0 Å². The van der Waals surface area contributed by atoms with Crippen molar-refractivity contribution >= 4 is 6.03 Å². The van der Waals surface area contributed by atoms with Gasteiger partial charge in [0.25, 0.3) is 0 Å². The summed E-state index contributed by atoms with van der Waals surface area (Å²) in [5.74, 6) is 0. The van der Waals surface area contributed by atoms with E-state index < -0.39 is 5.54 Å². The molecule has 1 rings (SSSR count). The van der Waals surface area contributed by atoms with Crippen LogP contribution in [0.5, 0.6) is 0 Å². The molecule has 1 N–H and O–H groups in total. The van der Waals surface area contributed by atoms with Gasteiger partial charge in [0.15, 0.2) is 0 Å². The fraction of sp³-hybridized carbons (Fsp3) is 0.778. The second-order valence-electron chi connectivity index (χ2n) is 4.40. The van der Waals surface area contributed by atoms with Crippen molar-refractivity contribution < 1.29 is 4.79 Å². The van der Waals surface area contributed by atoms with Gasteiger partial charge in [0.1, 0.15) is 5.54 Å². The molecule has 1 aliphatic carbocycles. The van der Waals surface area contributed by atoms with Crippen molar-refractivity contribution in [2.75, 3.05) is 14.1 Å². The summed E-state index contributed by atoms with van der Waals surface area (Å²) in [4.78, 5) is 12.7. The van der Waals surface area contributed by atoms with Gasteiger partial charge in [-0.3, -0.25) is 0 Å². The Balaban J connectivity index is 2.66. The number of hydrogen-bond donors (Lipinski definition) is 1. The highest BCUT2D eigenvalue weighted by Crippen LogP contribution is 2.55. The summed E-state index contributed by atoms with van der Waals surface area (Å²) in [7, 11) is 3.32. The van der Waals surface area contributed by atoms with E-state index in [2.05, 4.69) is 11.4 Å². The molecular weight excluding hydrogens is 166 g/mol. The second-order valence-corrected chi connectivity index (χ2v) is 4.40. The Morgan fingerprint density at radius 3 is 2.23 bits per heavy atom. The Kier molecular flexibility index (Phi) is 1.99. The summed E-state index contributed by atoms with van der Waals surface area (Å²) in [6, 6.07) is 1.97. The smallest absolute Gasteiger partial charge is 0.318 e.